The Kier molecular flexibility index (Phi) is 4.34. The maximum Gasteiger partial charge on any atom is 0.227 e. The zero-order valence-corrected chi connectivity index (χ0v) is 14.1. The minimum absolute atomic E-state index is 0.109. The van der Waals surface area contributed by atoms with Gasteiger partial charge in [-0.15, -0.1) is 0 Å². The molecule has 1 amide bonds. The van der Waals surface area contributed by atoms with Gasteiger partial charge in [-0.25, -0.2) is 0 Å². The summed E-state index contributed by atoms with van der Waals surface area (Å²) >= 11 is 1.59. The molecule has 0 aliphatic carbocycles. The topological polar surface area (TPSA) is 77.7 Å². The van der Waals surface area contributed by atoms with Gasteiger partial charge in [-0.1, -0.05) is 5.16 Å². The highest BCUT2D eigenvalue weighted by molar-refractivity contribution is 7.08. The average Bonchev–Trinajstić information content (AvgIpc) is 3.35. The van der Waals surface area contributed by atoms with E-state index in [2.05, 4.69) is 10.1 Å². The lowest BCUT2D eigenvalue weighted by atomic mass is 10.0. The van der Waals surface area contributed by atoms with Crippen molar-refractivity contribution in [3.05, 3.63) is 22.7 Å². The van der Waals surface area contributed by atoms with E-state index >= 15 is 0 Å². The molecule has 2 aliphatic heterocycles. The SMILES string of the molecule is O=C(CCc1nc(-c2ccsc2)no1)N1CCC2(CC1)OCCO2. The summed E-state index contributed by atoms with van der Waals surface area (Å²) in [5, 5.41) is 7.90. The number of thiophene rings is 1. The van der Waals surface area contributed by atoms with Crippen LogP contribution in [0.5, 0.6) is 0 Å². The first-order chi connectivity index (χ1) is 11.7. The number of hydrogen-bond donors (Lipinski definition) is 0. The van der Waals surface area contributed by atoms with E-state index in [1.807, 2.05) is 21.7 Å². The van der Waals surface area contributed by atoms with E-state index < -0.39 is 5.79 Å². The number of carbonyl (C=O) groups is 1. The summed E-state index contributed by atoms with van der Waals surface area (Å²) in [6.45, 7) is 2.64. The summed E-state index contributed by atoms with van der Waals surface area (Å²) in [6, 6.07) is 1.95. The first-order valence-electron chi connectivity index (χ1n) is 8.15. The Labute approximate surface area is 143 Å². The predicted octanol–water partition coefficient (Wildman–Crippen LogP) is 2.10. The third-order valence-corrected chi connectivity index (χ3v) is 5.17. The molecular formula is C16H19N3O4S. The van der Waals surface area contributed by atoms with E-state index in [9.17, 15) is 4.79 Å². The Balaban J connectivity index is 1.28. The van der Waals surface area contributed by atoms with Gasteiger partial charge in [0.25, 0.3) is 0 Å². The van der Waals surface area contributed by atoms with E-state index in [1.165, 1.54) is 0 Å². The van der Waals surface area contributed by atoms with E-state index in [0.717, 1.165) is 18.4 Å². The summed E-state index contributed by atoms with van der Waals surface area (Å²) in [6.07, 6.45) is 2.31. The normalized spacial score (nSPS) is 19.9. The minimum atomic E-state index is -0.446. The van der Waals surface area contributed by atoms with Gasteiger partial charge in [-0.3, -0.25) is 4.79 Å². The number of hydrogen-bond acceptors (Lipinski definition) is 7. The lowest BCUT2D eigenvalue weighted by molar-refractivity contribution is -0.187. The van der Waals surface area contributed by atoms with Gasteiger partial charge in [-0.05, 0) is 11.4 Å². The van der Waals surface area contributed by atoms with Crippen molar-refractivity contribution >= 4 is 17.2 Å². The third kappa shape index (κ3) is 3.22. The Morgan fingerprint density at radius 2 is 2.08 bits per heavy atom. The van der Waals surface area contributed by atoms with Crippen molar-refractivity contribution in [3.8, 4) is 11.4 Å². The van der Waals surface area contributed by atoms with Gasteiger partial charge in [0.05, 0.1) is 13.2 Å². The van der Waals surface area contributed by atoms with Crippen molar-refractivity contribution in [1.82, 2.24) is 15.0 Å². The molecule has 4 heterocycles. The van der Waals surface area contributed by atoms with Crippen LogP contribution in [-0.2, 0) is 20.7 Å². The van der Waals surface area contributed by atoms with Crippen molar-refractivity contribution in [2.24, 2.45) is 0 Å². The van der Waals surface area contributed by atoms with Crippen molar-refractivity contribution in [2.75, 3.05) is 26.3 Å². The number of amides is 1. The van der Waals surface area contributed by atoms with E-state index in [-0.39, 0.29) is 5.91 Å². The monoisotopic (exact) mass is 349 g/mol. The number of aromatic nitrogens is 2. The van der Waals surface area contributed by atoms with Crippen molar-refractivity contribution in [3.63, 3.8) is 0 Å². The highest BCUT2D eigenvalue weighted by atomic mass is 32.1. The molecular weight excluding hydrogens is 330 g/mol. The second-order valence-electron chi connectivity index (χ2n) is 6.01. The fourth-order valence-electron chi connectivity index (χ4n) is 3.12. The molecule has 7 nitrogen and oxygen atoms in total. The van der Waals surface area contributed by atoms with Gasteiger partial charge >= 0.3 is 0 Å². The fraction of sp³-hybridized carbons (Fsp3) is 0.562. The largest absolute Gasteiger partial charge is 0.347 e. The molecule has 2 aromatic heterocycles. The number of nitrogens with zero attached hydrogens (tertiary/aromatic N) is 3. The summed E-state index contributed by atoms with van der Waals surface area (Å²) < 4.78 is 16.6. The fourth-order valence-corrected chi connectivity index (χ4v) is 3.75. The standard InChI is InChI=1S/C16H19N3O4S/c20-14(19-6-4-16(5-7-19)21-8-9-22-16)2-1-13-17-15(18-23-13)12-3-10-24-11-12/h3,10-11H,1-2,4-9H2. The van der Waals surface area contributed by atoms with Gasteiger partial charge in [0, 0.05) is 49.7 Å². The van der Waals surface area contributed by atoms with Crippen LogP contribution in [0.1, 0.15) is 25.2 Å². The summed E-state index contributed by atoms with van der Waals surface area (Å²) in [4.78, 5) is 18.6. The van der Waals surface area contributed by atoms with Crippen LogP contribution in [0.15, 0.2) is 21.3 Å². The number of ether oxygens (including phenoxy) is 2. The molecule has 0 N–H and O–H groups in total. The maximum atomic E-state index is 12.4. The summed E-state index contributed by atoms with van der Waals surface area (Å²) in [5.74, 6) is 0.742. The van der Waals surface area contributed by atoms with E-state index in [0.29, 0.717) is 50.9 Å². The summed E-state index contributed by atoms with van der Waals surface area (Å²) in [7, 11) is 0. The number of aryl methyl sites for hydroxylation is 1. The van der Waals surface area contributed by atoms with Crippen molar-refractivity contribution in [2.45, 2.75) is 31.5 Å². The van der Waals surface area contributed by atoms with Crippen LogP contribution >= 0.6 is 11.3 Å². The zero-order valence-electron chi connectivity index (χ0n) is 13.3. The lowest BCUT2D eigenvalue weighted by Crippen LogP contribution is -2.47. The Morgan fingerprint density at radius 1 is 1.29 bits per heavy atom. The minimum Gasteiger partial charge on any atom is -0.347 e. The quantitative estimate of drug-likeness (QED) is 0.841. The molecule has 2 aromatic rings. The molecule has 0 radical (unpaired) electrons. The van der Waals surface area contributed by atoms with Crippen LogP contribution in [0.4, 0.5) is 0 Å². The number of rotatable bonds is 4. The number of piperidine rings is 1. The van der Waals surface area contributed by atoms with E-state index in [4.69, 9.17) is 14.0 Å². The molecule has 0 saturated carbocycles. The average molecular weight is 349 g/mol. The van der Waals surface area contributed by atoms with Crippen molar-refractivity contribution < 1.29 is 18.8 Å². The predicted molar refractivity (Wildman–Crippen MR) is 86.4 cm³/mol. The molecule has 2 fully saturated rings. The molecule has 0 aromatic carbocycles. The Morgan fingerprint density at radius 3 is 2.79 bits per heavy atom. The molecule has 4 rings (SSSR count). The van der Waals surface area contributed by atoms with Crippen LogP contribution in [0.3, 0.4) is 0 Å². The van der Waals surface area contributed by atoms with Gasteiger partial charge in [0.1, 0.15) is 0 Å². The molecule has 24 heavy (non-hydrogen) atoms. The van der Waals surface area contributed by atoms with Gasteiger partial charge < -0.3 is 18.9 Å². The molecule has 0 atom stereocenters. The zero-order chi connectivity index (χ0) is 16.4. The van der Waals surface area contributed by atoms with Crippen LogP contribution in [0, 0.1) is 0 Å². The molecule has 0 bridgehead atoms. The summed E-state index contributed by atoms with van der Waals surface area (Å²) in [5.41, 5.74) is 0.944. The smallest absolute Gasteiger partial charge is 0.227 e. The Bertz CT molecular complexity index is 684. The van der Waals surface area contributed by atoms with Crippen molar-refractivity contribution in [1.29, 1.82) is 0 Å². The highest BCUT2D eigenvalue weighted by Gasteiger charge is 2.40. The molecule has 8 heteroatoms. The van der Waals surface area contributed by atoms with Crippen LogP contribution < -0.4 is 0 Å². The molecule has 2 saturated heterocycles. The molecule has 1 spiro atoms. The van der Waals surface area contributed by atoms with Gasteiger partial charge in [-0.2, -0.15) is 16.3 Å². The molecule has 0 unspecified atom stereocenters. The van der Waals surface area contributed by atoms with Gasteiger partial charge in [0.15, 0.2) is 5.79 Å². The number of likely N-dealkylation sites (tertiary alicyclic amines) is 1. The first-order valence-corrected chi connectivity index (χ1v) is 9.09. The van der Waals surface area contributed by atoms with Crippen LogP contribution in [0.25, 0.3) is 11.4 Å². The van der Waals surface area contributed by atoms with Crippen LogP contribution in [0.2, 0.25) is 0 Å². The molecule has 2 aliphatic rings. The maximum absolute atomic E-state index is 12.4. The highest BCUT2D eigenvalue weighted by Crippen LogP contribution is 2.31. The Hall–Kier alpha value is -1.77. The van der Waals surface area contributed by atoms with Crippen LogP contribution in [-0.4, -0.2) is 53.0 Å². The van der Waals surface area contributed by atoms with E-state index in [1.54, 1.807) is 11.3 Å². The third-order valence-electron chi connectivity index (χ3n) is 4.49. The first kappa shape index (κ1) is 15.7. The number of carbonyl (C=O) groups excluding carboxylic acids is 1. The molecule has 128 valence electrons. The van der Waals surface area contributed by atoms with Gasteiger partial charge in [0.2, 0.25) is 17.6 Å². The lowest BCUT2D eigenvalue weighted by Gasteiger charge is -2.37. The second kappa shape index (κ2) is 6.62. The second-order valence-corrected chi connectivity index (χ2v) is 6.79.